The van der Waals surface area contributed by atoms with Crippen molar-refractivity contribution in [3.63, 3.8) is 0 Å². The van der Waals surface area contributed by atoms with Gasteiger partial charge in [0.1, 0.15) is 0 Å². The predicted molar refractivity (Wildman–Crippen MR) is 79.2 cm³/mol. The number of carboxylic acid groups (broad SMARTS) is 1. The van der Waals surface area contributed by atoms with Crippen molar-refractivity contribution >= 4 is 40.3 Å². The number of urea groups is 1. The van der Waals surface area contributed by atoms with Crippen LogP contribution in [0.25, 0.3) is 0 Å². The number of nitrogens with one attached hydrogen (secondary N) is 2. The van der Waals surface area contributed by atoms with Gasteiger partial charge in [-0.1, -0.05) is 0 Å². The highest BCUT2D eigenvalue weighted by Crippen LogP contribution is 2.15. The van der Waals surface area contributed by atoms with Gasteiger partial charge in [0, 0.05) is 9.26 Å². The number of benzene rings is 1. The van der Waals surface area contributed by atoms with E-state index in [2.05, 4.69) is 33.2 Å². The topological polar surface area (TPSA) is 98.7 Å². The van der Waals surface area contributed by atoms with E-state index < -0.39 is 17.6 Å². The number of carbonyl (C=O) groups excluding carboxylic acids is 1. The van der Waals surface area contributed by atoms with Crippen LogP contribution in [0.5, 0.6) is 0 Å². The summed E-state index contributed by atoms with van der Waals surface area (Å²) >= 11 is 2.13. The minimum absolute atomic E-state index is 0.378. The minimum atomic E-state index is -1.99. The molecule has 1 aromatic rings. The third-order valence-corrected chi connectivity index (χ3v) is 2.98. The SMILES string of the molecule is Cc1cc(I)cc(NC(=O)NCC(C)(O)C(=O)O)c1. The average Bonchev–Trinajstić information content (AvgIpc) is 2.24. The van der Waals surface area contributed by atoms with Crippen LogP contribution in [0.2, 0.25) is 0 Å². The quantitative estimate of drug-likeness (QED) is 0.598. The first-order valence-corrected chi connectivity index (χ1v) is 6.56. The highest BCUT2D eigenvalue weighted by atomic mass is 127. The highest BCUT2D eigenvalue weighted by molar-refractivity contribution is 14.1. The Bertz CT molecular complexity index is 482. The molecule has 7 heteroatoms. The summed E-state index contributed by atoms with van der Waals surface area (Å²) in [5, 5.41) is 23.0. The molecular weight excluding hydrogens is 363 g/mol. The van der Waals surface area contributed by atoms with Gasteiger partial charge in [-0.05, 0) is 60.2 Å². The van der Waals surface area contributed by atoms with Gasteiger partial charge in [0.2, 0.25) is 0 Å². The zero-order valence-electron chi connectivity index (χ0n) is 10.5. The first-order valence-electron chi connectivity index (χ1n) is 5.48. The first kappa shape index (κ1) is 15.7. The highest BCUT2D eigenvalue weighted by Gasteiger charge is 2.30. The van der Waals surface area contributed by atoms with Crippen LogP contribution in [-0.2, 0) is 4.79 Å². The van der Waals surface area contributed by atoms with Crippen molar-refractivity contribution in [1.29, 1.82) is 0 Å². The molecule has 104 valence electrons. The van der Waals surface area contributed by atoms with E-state index in [9.17, 15) is 14.7 Å². The minimum Gasteiger partial charge on any atom is -0.479 e. The van der Waals surface area contributed by atoms with Crippen molar-refractivity contribution in [2.75, 3.05) is 11.9 Å². The Kier molecular flexibility index (Phi) is 5.12. The third kappa shape index (κ3) is 5.03. The van der Waals surface area contributed by atoms with Gasteiger partial charge in [0.05, 0.1) is 6.54 Å². The van der Waals surface area contributed by atoms with Crippen molar-refractivity contribution in [1.82, 2.24) is 5.32 Å². The summed E-state index contributed by atoms with van der Waals surface area (Å²) in [6.45, 7) is 2.64. The van der Waals surface area contributed by atoms with Gasteiger partial charge in [0.25, 0.3) is 0 Å². The molecule has 6 nitrogen and oxygen atoms in total. The number of hydrogen-bond donors (Lipinski definition) is 4. The lowest BCUT2D eigenvalue weighted by molar-refractivity contribution is -0.155. The molecule has 1 unspecified atom stereocenters. The molecule has 0 aliphatic carbocycles. The van der Waals surface area contributed by atoms with Crippen LogP contribution in [-0.4, -0.2) is 34.4 Å². The Morgan fingerprint density at radius 2 is 2.00 bits per heavy atom. The maximum Gasteiger partial charge on any atom is 0.337 e. The molecule has 0 aliphatic heterocycles. The summed E-state index contributed by atoms with van der Waals surface area (Å²) < 4.78 is 0.977. The van der Waals surface area contributed by atoms with Crippen molar-refractivity contribution in [2.24, 2.45) is 0 Å². The van der Waals surface area contributed by atoms with Gasteiger partial charge < -0.3 is 20.8 Å². The van der Waals surface area contributed by atoms with E-state index in [1.807, 2.05) is 13.0 Å². The van der Waals surface area contributed by atoms with E-state index in [0.29, 0.717) is 5.69 Å². The van der Waals surface area contributed by atoms with Gasteiger partial charge in [-0.25, -0.2) is 9.59 Å². The largest absolute Gasteiger partial charge is 0.479 e. The summed E-state index contributed by atoms with van der Waals surface area (Å²) in [7, 11) is 0. The second kappa shape index (κ2) is 6.20. The van der Waals surface area contributed by atoms with Crippen LogP contribution in [0.15, 0.2) is 18.2 Å². The number of aliphatic hydroxyl groups is 1. The van der Waals surface area contributed by atoms with Crippen LogP contribution in [0.1, 0.15) is 12.5 Å². The monoisotopic (exact) mass is 378 g/mol. The number of carbonyl (C=O) groups is 2. The van der Waals surface area contributed by atoms with Gasteiger partial charge in [-0.15, -0.1) is 0 Å². The Morgan fingerprint density at radius 1 is 1.37 bits per heavy atom. The molecule has 0 aliphatic rings. The molecule has 0 saturated carbocycles. The van der Waals surface area contributed by atoms with Gasteiger partial charge in [0.15, 0.2) is 5.60 Å². The lowest BCUT2D eigenvalue weighted by Crippen LogP contribution is -2.47. The van der Waals surface area contributed by atoms with E-state index in [4.69, 9.17) is 5.11 Å². The van der Waals surface area contributed by atoms with Gasteiger partial charge >= 0.3 is 12.0 Å². The standard InChI is InChI=1S/C12H15IN2O4/c1-7-3-8(13)5-9(4-7)15-11(18)14-6-12(2,19)10(16)17/h3-5,19H,6H2,1-2H3,(H,16,17)(H2,14,15,18). The van der Waals surface area contributed by atoms with Crippen molar-refractivity contribution < 1.29 is 19.8 Å². The van der Waals surface area contributed by atoms with E-state index >= 15 is 0 Å². The number of aliphatic carboxylic acids is 1. The molecule has 0 fully saturated rings. The Morgan fingerprint density at radius 3 is 2.53 bits per heavy atom. The molecule has 0 spiro atoms. The number of amides is 2. The smallest absolute Gasteiger partial charge is 0.337 e. The van der Waals surface area contributed by atoms with Crippen molar-refractivity contribution in [3.8, 4) is 0 Å². The molecule has 1 atom stereocenters. The maximum atomic E-state index is 11.6. The van der Waals surface area contributed by atoms with Crippen LogP contribution in [0, 0.1) is 10.5 Å². The Hall–Kier alpha value is -1.35. The van der Waals surface area contributed by atoms with Gasteiger partial charge in [-0.2, -0.15) is 0 Å². The lowest BCUT2D eigenvalue weighted by atomic mass is 10.1. The first-order chi connectivity index (χ1) is 8.70. The summed E-state index contributed by atoms with van der Waals surface area (Å²) in [4.78, 5) is 22.2. The zero-order valence-corrected chi connectivity index (χ0v) is 12.7. The Labute approximate surface area is 124 Å². The second-order valence-corrected chi connectivity index (χ2v) is 5.65. The van der Waals surface area contributed by atoms with Crippen molar-refractivity contribution in [2.45, 2.75) is 19.4 Å². The molecular formula is C12H15IN2O4. The summed E-state index contributed by atoms with van der Waals surface area (Å²) in [5.74, 6) is -1.39. The van der Waals surface area contributed by atoms with Gasteiger partial charge in [-0.3, -0.25) is 0 Å². The lowest BCUT2D eigenvalue weighted by Gasteiger charge is -2.18. The number of carboxylic acids is 1. The normalized spacial score (nSPS) is 13.5. The number of hydrogen-bond acceptors (Lipinski definition) is 3. The van der Waals surface area contributed by atoms with Crippen LogP contribution in [0.4, 0.5) is 10.5 Å². The molecule has 4 N–H and O–H groups in total. The van der Waals surface area contributed by atoms with E-state index in [1.54, 1.807) is 12.1 Å². The third-order valence-electron chi connectivity index (χ3n) is 2.35. The summed E-state index contributed by atoms with van der Waals surface area (Å²) in [6, 6.07) is 4.96. The fraction of sp³-hybridized carbons (Fsp3) is 0.333. The summed E-state index contributed by atoms with van der Waals surface area (Å²) in [5.41, 5.74) is -0.380. The fourth-order valence-electron chi connectivity index (χ4n) is 1.31. The molecule has 2 amide bonds. The zero-order chi connectivity index (χ0) is 14.6. The summed E-state index contributed by atoms with van der Waals surface area (Å²) in [6.07, 6.45) is 0. The van der Waals surface area contributed by atoms with E-state index in [1.165, 1.54) is 0 Å². The van der Waals surface area contributed by atoms with Crippen LogP contribution >= 0.6 is 22.6 Å². The molecule has 19 heavy (non-hydrogen) atoms. The number of halogens is 1. The molecule has 0 aromatic heterocycles. The molecule has 0 saturated heterocycles. The van der Waals surface area contributed by atoms with Crippen LogP contribution < -0.4 is 10.6 Å². The van der Waals surface area contributed by atoms with E-state index in [-0.39, 0.29) is 6.54 Å². The molecule has 0 bridgehead atoms. The van der Waals surface area contributed by atoms with E-state index in [0.717, 1.165) is 16.1 Å². The molecule has 0 radical (unpaired) electrons. The van der Waals surface area contributed by atoms with Crippen molar-refractivity contribution in [3.05, 3.63) is 27.3 Å². The average molecular weight is 378 g/mol. The second-order valence-electron chi connectivity index (χ2n) is 4.40. The fourth-order valence-corrected chi connectivity index (χ4v) is 2.14. The molecule has 1 rings (SSSR count). The number of rotatable bonds is 4. The predicted octanol–water partition coefficient (Wildman–Crippen LogP) is 1.56. The van der Waals surface area contributed by atoms with Crippen LogP contribution in [0.3, 0.4) is 0 Å². The number of anilines is 1. The number of aryl methyl sites for hydroxylation is 1. The molecule has 1 aromatic carbocycles. The maximum absolute atomic E-state index is 11.6. The molecule has 0 heterocycles. The Balaban J connectivity index is 2.59.